The van der Waals surface area contributed by atoms with Gasteiger partial charge >= 0.3 is 12.0 Å². The van der Waals surface area contributed by atoms with Crippen molar-refractivity contribution in [1.29, 1.82) is 0 Å². The first-order chi connectivity index (χ1) is 12.7. The zero-order chi connectivity index (χ0) is 20.1. The van der Waals surface area contributed by atoms with Gasteiger partial charge in [-0.25, -0.2) is 9.59 Å². The van der Waals surface area contributed by atoms with E-state index in [4.69, 9.17) is 0 Å². The van der Waals surface area contributed by atoms with Gasteiger partial charge in [0.25, 0.3) is 5.91 Å². The summed E-state index contributed by atoms with van der Waals surface area (Å²) in [7, 11) is 0. The van der Waals surface area contributed by atoms with Crippen molar-refractivity contribution in [3.63, 3.8) is 0 Å². The van der Waals surface area contributed by atoms with E-state index in [0.29, 0.717) is 22.7 Å². The number of benzene rings is 1. The number of hydrogen-bond donors (Lipinski definition) is 4. The van der Waals surface area contributed by atoms with E-state index in [9.17, 15) is 19.5 Å². The molecule has 27 heavy (non-hydrogen) atoms. The van der Waals surface area contributed by atoms with E-state index in [0.717, 1.165) is 10.4 Å². The fourth-order valence-electron chi connectivity index (χ4n) is 2.63. The van der Waals surface area contributed by atoms with Crippen molar-refractivity contribution >= 4 is 39.9 Å². The number of thiophene rings is 1. The Morgan fingerprint density at radius 3 is 2.26 bits per heavy atom. The zero-order valence-corrected chi connectivity index (χ0v) is 16.5. The Balaban J connectivity index is 2.13. The number of carbonyl (C=O) groups is 3. The van der Waals surface area contributed by atoms with Gasteiger partial charge in [0.1, 0.15) is 5.00 Å². The first-order valence-corrected chi connectivity index (χ1v) is 9.39. The summed E-state index contributed by atoms with van der Waals surface area (Å²) in [5, 5.41) is 17.9. The van der Waals surface area contributed by atoms with Crippen LogP contribution in [-0.4, -0.2) is 29.1 Å². The molecule has 0 fully saturated rings. The van der Waals surface area contributed by atoms with Crippen LogP contribution in [0.5, 0.6) is 0 Å². The molecule has 0 bridgehead atoms. The van der Waals surface area contributed by atoms with Crippen LogP contribution in [0.15, 0.2) is 24.3 Å². The number of aryl methyl sites for hydroxylation is 1. The topological polar surface area (TPSA) is 108 Å². The zero-order valence-electron chi connectivity index (χ0n) is 15.7. The summed E-state index contributed by atoms with van der Waals surface area (Å²) in [6.07, 6.45) is 0.582. The minimum Gasteiger partial charge on any atom is -0.478 e. The Morgan fingerprint density at radius 1 is 1.11 bits per heavy atom. The molecule has 0 aliphatic rings. The van der Waals surface area contributed by atoms with Gasteiger partial charge in [-0.3, -0.25) is 4.79 Å². The number of carbonyl (C=O) groups excluding carboxylic acids is 2. The van der Waals surface area contributed by atoms with Gasteiger partial charge in [-0.1, -0.05) is 6.92 Å². The summed E-state index contributed by atoms with van der Waals surface area (Å²) in [6, 6.07) is 6.06. The molecule has 0 aliphatic carbocycles. The second-order valence-corrected chi connectivity index (χ2v) is 7.51. The highest BCUT2D eigenvalue weighted by Gasteiger charge is 2.22. The third-order valence-corrected chi connectivity index (χ3v) is 4.89. The molecule has 8 heteroatoms. The number of carboxylic acids is 1. The van der Waals surface area contributed by atoms with Crippen molar-refractivity contribution in [2.24, 2.45) is 0 Å². The van der Waals surface area contributed by atoms with Gasteiger partial charge in [0.05, 0.1) is 5.56 Å². The highest BCUT2D eigenvalue weighted by molar-refractivity contribution is 7.16. The normalized spacial score (nSPS) is 10.6. The first-order valence-electron chi connectivity index (χ1n) is 8.57. The average Bonchev–Trinajstić information content (AvgIpc) is 2.89. The van der Waals surface area contributed by atoms with Gasteiger partial charge in [0.2, 0.25) is 0 Å². The predicted octanol–water partition coefficient (Wildman–Crippen LogP) is 4.10. The molecular weight excluding hydrogens is 366 g/mol. The largest absolute Gasteiger partial charge is 0.478 e. The lowest BCUT2D eigenvalue weighted by Gasteiger charge is -2.10. The molecule has 0 spiro atoms. The lowest BCUT2D eigenvalue weighted by molar-refractivity contribution is 0.0697. The quantitative estimate of drug-likeness (QED) is 0.596. The summed E-state index contributed by atoms with van der Waals surface area (Å²) in [6.45, 7) is 7.44. The highest BCUT2D eigenvalue weighted by Crippen LogP contribution is 2.33. The minimum atomic E-state index is -1.05. The highest BCUT2D eigenvalue weighted by atomic mass is 32.1. The minimum absolute atomic E-state index is 0.0146. The third-order valence-electron chi connectivity index (χ3n) is 3.83. The number of urea groups is 1. The van der Waals surface area contributed by atoms with Gasteiger partial charge < -0.3 is 21.1 Å². The number of aromatic carboxylic acids is 1. The molecule has 2 aromatic rings. The van der Waals surface area contributed by atoms with Gasteiger partial charge in [-0.2, -0.15) is 0 Å². The Kier molecular flexibility index (Phi) is 6.57. The molecule has 0 saturated carbocycles. The molecule has 144 valence electrons. The van der Waals surface area contributed by atoms with Crippen molar-refractivity contribution in [3.8, 4) is 0 Å². The van der Waals surface area contributed by atoms with Gasteiger partial charge in [-0.05, 0) is 57.0 Å². The van der Waals surface area contributed by atoms with Crippen molar-refractivity contribution in [3.05, 3.63) is 45.8 Å². The summed E-state index contributed by atoms with van der Waals surface area (Å²) in [5.74, 6) is -1.46. The third kappa shape index (κ3) is 5.07. The fraction of sp³-hybridized carbons (Fsp3) is 0.316. The fourth-order valence-corrected chi connectivity index (χ4v) is 3.76. The van der Waals surface area contributed by atoms with E-state index < -0.39 is 11.9 Å². The van der Waals surface area contributed by atoms with E-state index in [2.05, 4.69) is 16.0 Å². The molecular formula is C19H23N3O4S. The van der Waals surface area contributed by atoms with Crippen LogP contribution in [0.3, 0.4) is 0 Å². The average molecular weight is 389 g/mol. The molecule has 7 nitrogen and oxygen atoms in total. The van der Waals surface area contributed by atoms with Crippen LogP contribution in [0.1, 0.15) is 51.9 Å². The van der Waals surface area contributed by atoms with E-state index in [1.165, 1.54) is 11.3 Å². The number of anilines is 2. The number of amides is 3. The van der Waals surface area contributed by atoms with E-state index in [1.807, 2.05) is 27.7 Å². The number of carboxylic acid groups (broad SMARTS) is 1. The van der Waals surface area contributed by atoms with Crippen molar-refractivity contribution in [2.45, 2.75) is 40.2 Å². The number of rotatable bonds is 6. The summed E-state index contributed by atoms with van der Waals surface area (Å²) < 4.78 is 0. The molecule has 3 amide bonds. The molecule has 0 atom stereocenters. The smallest absolute Gasteiger partial charge is 0.339 e. The molecule has 2 rings (SSSR count). The van der Waals surface area contributed by atoms with Crippen LogP contribution in [0, 0.1) is 6.92 Å². The SMILES string of the molecule is CCc1c(C)sc(NC(=O)c2ccc(NC(=O)NC(C)C)cc2)c1C(=O)O. The molecule has 1 heterocycles. The second kappa shape index (κ2) is 8.68. The Labute approximate surface area is 161 Å². The summed E-state index contributed by atoms with van der Waals surface area (Å²) in [4.78, 5) is 36.6. The first kappa shape index (κ1) is 20.4. The maximum absolute atomic E-state index is 12.5. The van der Waals surface area contributed by atoms with Crippen LogP contribution in [0.25, 0.3) is 0 Å². The van der Waals surface area contributed by atoms with E-state index in [1.54, 1.807) is 24.3 Å². The molecule has 0 saturated heterocycles. The predicted molar refractivity (Wildman–Crippen MR) is 107 cm³/mol. The molecule has 0 aliphatic heterocycles. The van der Waals surface area contributed by atoms with Crippen LogP contribution < -0.4 is 16.0 Å². The Morgan fingerprint density at radius 2 is 1.74 bits per heavy atom. The Bertz CT molecular complexity index is 857. The van der Waals surface area contributed by atoms with Crippen LogP contribution in [0.4, 0.5) is 15.5 Å². The van der Waals surface area contributed by atoms with Gasteiger partial charge in [0.15, 0.2) is 0 Å². The summed E-state index contributed by atoms with van der Waals surface area (Å²) in [5.41, 5.74) is 1.80. The van der Waals surface area contributed by atoms with Crippen LogP contribution >= 0.6 is 11.3 Å². The lowest BCUT2D eigenvalue weighted by Crippen LogP contribution is -2.34. The van der Waals surface area contributed by atoms with Crippen LogP contribution in [-0.2, 0) is 6.42 Å². The summed E-state index contributed by atoms with van der Waals surface area (Å²) >= 11 is 1.26. The second-order valence-electron chi connectivity index (χ2n) is 6.28. The van der Waals surface area contributed by atoms with E-state index >= 15 is 0 Å². The van der Waals surface area contributed by atoms with Crippen molar-refractivity contribution in [2.75, 3.05) is 10.6 Å². The standard InChI is InChI=1S/C19H23N3O4S/c1-5-14-11(4)27-17(15(14)18(24)25)22-16(23)12-6-8-13(9-7-12)21-19(26)20-10(2)3/h6-10H,5H2,1-4H3,(H,22,23)(H,24,25)(H2,20,21,26). The molecule has 1 aromatic carbocycles. The molecule has 0 radical (unpaired) electrons. The monoisotopic (exact) mass is 389 g/mol. The van der Waals surface area contributed by atoms with E-state index in [-0.39, 0.29) is 17.6 Å². The Hall–Kier alpha value is -2.87. The maximum atomic E-state index is 12.5. The van der Waals surface area contributed by atoms with Crippen LogP contribution in [0.2, 0.25) is 0 Å². The molecule has 4 N–H and O–H groups in total. The lowest BCUT2D eigenvalue weighted by atomic mass is 10.1. The number of hydrogen-bond acceptors (Lipinski definition) is 4. The maximum Gasteiger partial charge on any atom is 0.339 e. The molecule has 1 aromatic heterocycles. The van der Waals surface area contributed by atoms with Gasteiger partial charge in [-0.15, -0.1) is 11.3 Å². The van der Waals surface area contributed by atoms with Crippen molar-refractivity contribution in [1.82, 2.24) is 5.32 Å². The molecule has 0 unspecified atom stereocenters. The van der Waals surface area contributed by atoms with Crippen molar-refractivity contribution < 1.29 is 19.5 Å². The number of nitrogens with one attached hydrogen (secondary N) is 3. The van der Waals surface area contributed by atoms with Gasteiger partial charge in [0, 0.05) is 22.2 Å².